The van der Waals surface area contributed by atoms with Gasteiger partial charge in [0, 0.05) is 12.1 Å². The van der Waals surface area contributed by atoms with Crippen molar-refractivity contribution >= 4 is 21.6 Å². The molecule has 29 heavy (non-hydrogen) atoms. The summed E-state index contributed by atoms with van der Waals surface area (Å²) in [5, 5.41) is 6.09. The third-order valence-corrected chi connectivity index (χ3v) is 6.28. The molecule has 0 aromatic heterocycles. The predicted molar refractivity (Wildman–Crippen MR) is 112 cm³/mol. The summed E-state index contributed by atoms with van der Waals surface area (Å²) in [6.45, 7) is 0.547. The van der Waals surface area contributed by atoms with Crippen LogP contribution in [0.15, 0.2) is 83.8 Å². The van der Waals surface area contributed by atoms with Crippen LogP contribution < -0.4 is 15.4 Å². The molecule has 4 rings (SSSR count). The van der Waals surface area contributed by atoms with Crippen molar-refractivity contribution in [2.24, 2.45) is 0 Å². The lowest BCUT2D eigenvalue weighted by Gasteiger charge is -2.28. The van der Waals surface area contributed by atoms with Crippen molar-refractivity contribution in [3.63, 3.8) is 0 Å². The van der Waals surface area contributed by atoms with Gasteiger partial charge in [-0.25, -0.2) is 8.42 Å². The van der Waals surface area contributed by atoms with Gasteiger partial charge in [-0.1, -0.05) is 54.6 Å². The molecule has 3 N–H and O–H groups in total. The maximum Gasteiger partial charge on any atom is 0.251 e. The smallest absolute Gasteiger partial charge is 0.251 e. The summed E-state index contributed by atoms with van der Waals surface area (Å²) in [7, 11) is -3.60. The van der Waals surface area contributed by atoms with E-state index in [1.807, 2.05) is 30.3 Å². The topological polar surface area (TPSA) is 87.3 Å². The van der Waals surface area contributed by atoms with Crippen molar-refractivity contribution in [2.75, 3.05) is 11.9 Å². The van der Waals surface area contributed by atoms with E-state index in [-0.39, 0.29) is 10.8 Å². The van der Waals surface area contributed by atoms with Crippen molar-refractivity contribution in [3.05, 3.63) is 95.6 Å². The van der Waals surface area contributed by atoms with E-state index in [1.165, 1.54) is 5.56 Å². The molecule has 0 saturated heterocycles. The molecule has 0 spiro atoms. The van der Waals surface area contributed by atoms with Crippen LogP contribution >= 0.6 is 0 Å². The van der Waals surface area contributed by atoms with Crippen LogP contribution in [0.4, 0.5) is 5.69 Å². The number of hydrogen-bond acceptors (Lipinski definition) is 4. The average molecular weight is 407 g/mol. The van der Waals surface area contributed by atoms with Gasteiger partial charge in [-0.2, -0.15) is 4.72 Å². The molecule has 1 heterocycles. The minimum atomic E-state index is -3.60. The lowest BCUT2D eigenvalue weighted by atomic mass is 10.1. The number of rotatable bonds is 5. The van der Waals surface area contributed by atoms with E-state index in [4.69, 9.17) is 0 Å². The molecular weight excluding hydrogens is 386 g/mol. The first-order valence-electron chi connectivity index (χ1n) is 9.33. The molecule has 0 unspecified atom stereocenters. The Morgan fingerprint density at radius 2 is 1.59 bits per heavy atom. The second-order valence-electron chi connectivity index (χ2n) is 6.81. The number of anilines is 1. The fourth-order valence-corrected chi connectivity index (χ4v) is 4.58. The Morgan fingerprint density at radius 3 is 2.34 bits per heavy atom. The van der Waals surface area contributed by atoms with Gasteiger partial charge in [-0.3, -0.25) is 4.79 Å². The summed E-state index contributed by atoms with van der Waals surface area (Å²) < 4.78 is 27.5. The summed E-state index contributed by atoms with van der Waals surface area (Å²) >= 11 is 0. The highest BCUT2D eigenvalue weighted by molar-refractivity contribution is 7.89. The van der Waals surface area contributed by atoms with Crippen molar-refractivity contribution < 1.29 is 13.2 Å². The molecule has 1 atom stereocenters. The van der Waals surface area contributed by atoms with E-state index in [0.29, 0.717) is 17.8 Å². The van der Waals surface area contributed by atoms with Gasteiger partial charge >= 0.3 is 0 Å². The minimum absolute atomic E-state index is 0.157. The number of amides is 1. The number of carbonyl (C=O) groups is 1. The maximum absolute atomic E-state index is 12.5. The maximum atomic E-state index is 12.5. The molecule has 1 aliphatic rings. The van der Waals surface area contributed by atoms with Crippen molar-refractivity contribution in [1.29, 1.82) is 0 Å². The lowest BCUT2D eigenvalue weighted by Crippen LogP contribution is -2.38. The van der Waals surface area contributed by atoms with E-state index in [9.17, 15) is 13.2 Å². The number of carbonyl (C=O) groups excluding carboxylic acids is 1. The van der Waals surface area contributed by atoms with Crippen LogP contribution in [0, 0.1) is 0 Å². The number of hydrogen-bond donors (Lipinski definition) is 3. The van der Waals surface area contributed by atoms with Crippen molar-refractivity contribution in [1.82, 2.24) is 10.0 Å². The highest BCUT2D eigenvalue weighted by Crippen LogP contribution is 2.30. The summed E-state index contributed by atoms with van der Waals surface area (Å²) in [5.41, 5.74) is 2.97. The SMILES string of the molecule is O=C(NCCc1ccccc1)c1ccc([C@H]2Nc3ccccc3S(=O)(=O)N2)cc1. The van der Waals surface area contributed by atoms with E-state index < -0.39 is 16.2 Å². The van der Waals surface area contributed by atoms with Gasteiger partial charge in [0.1, 0.15) is 11.1 Å². The molecule has 7 heteroatoms. The van der Waals surface area contributed by atoms with Crippen LogP contribution in [-0.4, -0.2) is 20.9 Å². The van der Waals surface area contributed by atoms with Crippen molar-refractivity contribution in [2.45, 2.75) is 17.5 Å². The molecule has 3 aromatic carbocycles. The second kappa shape index (κ2) is 8.06. The van der Waals surface area contributed by atoms with Gasteiger partial charge < -0.3 is 10.6 Å². The highest BCUT2D eigenvalue weighted by Gasteiger charge is 2.29. The highest BCUT2D eigenvalue weighted by atomic mass is 32.2. The van der Waals surface area contributed by atoms with Gasteiger partial charge in [0.05, 0.1) is 5.69 Å². The predicted octanol–water partition coefficient (Wildman–Crippen LogP) is 3.06. The summed E-state index contributed by atoms with van der Waals surface area (Å²) in [5.74, 6) is -0.157. The number of benzene rings is 3. The van der Waals surface area contributed by atoms with E-state index in [0.717, 1.165) is 12.0 Å². The third-order valence-electron chi connectivity index (χ3n) is 4.80. The Morgan fingerprint density at radius 1 is 0.897 bits per heavy atom. The first-order valence-corrected chi connectivity index (χ1v) is 10.8. The number of nitrogens with one attached hydrogen (secondary N) is 3. The fraction of sp³-hybridized carbons (Fsp3) is 0.136. The van der Waals surface area contributed by atoms with Crippen LogP contribution in [0.25, 0.3) is 0 Å². The van der Waals surface area contributed by atoms with Gasteiger partial charge in [0.25, 0.3) is 5.91 Å². The molecule has 0 fully saturated rings. The molecule has 0 aliphatic carbocycles. The van der Waals surface area contributed by atoms with E-state index >= 15 is 0 Å². The van der Waals surface area contributed by atoms with Crippen LogP contribution in [0.2, 0.25) is 0 Å². The third kappa shape index (κ3) is 4.31. The van der Waals surface area contributed by atoms with Crippen LogP contribution in [0.1, 0.15) is 27.7 Å². The Bertz CT molecular complexity index is 1110. The zero-order valence-corrected chi connectivity index (χ0v) is 16.4. The fourth-order valence-electron chi connectivity index (χ4n) is 3.27. The molecule has 3 aromatic rings. The van der Waals surface area contributed by atoms with E-state index in [1.54, 1.807) is 48.5 Å². The molecule has 1 amide bonds. The van der Waals surface area contributed by atoms with E-state index in [2.05, 4.69) is 15.4 Å². The largest absolute Gasteiger partial charge is 0.364 e. The normalized spacial score (nSPS) is 17.0. The van der Waals surface area contributed by atoms with Gasteiger partial charge in [0.15, 0.2) is 0 Å². The molecule has 1 aliphatic heterocycles. The summed E-state index contributed by atoms with van der Waals surface area (Å²) in [6.07, 6.45) is 0.169. The number of fused-ring (bicyclic) bond motifs is 1. The quantitative estimate of drug-likeness (QED) is 0.607. The Hall–Kier alpha value is -3.16. The number of para-hydroxylation sites is 1. The van der Waals surface area contributed by atoms with Gasteiger partial charge in [-0.15, -0.1) is 0 Å². The molecule has 0 radical (unpaired) electrons. The lowest BCUT2D eigenvalue weighted by molar-refractivity contribution is 0.0954. The Balaban J connectivity index is 1.41. The monoisotopic (exact) mass is 407 g/mol. The van der Waals surface area contributed by atoms with Crippen molar-refractivity contribution in [3.8, 4) is 0 Å². The summed E-state index contributed by atoms with van der Waals surface area (Å²) in [6, 6.07) is 23.6. The molecule has 0 saturated carbocycles. The van der Waals surface area contributed by atoms with Crippen LogP contribution in [0.5, 0.6) is 0 Å². The second-order valence-corrected chi connectivity index (χ2v) is 8.49. The molecular formula is C22H21N3O3S. The standard InChI is InChI=1S/C22H21N3O3S/c26-22(23-15-14-16-6-2-1-3-7-16)18-12-10-17(11-13-18)21-24-19-8-4-5-9-20(19)29(27,28)25-21/h1-13,21,24-25H,14-15H2,(H,23,26)/t21-/m0/s1. The molecule has 0 bridgehead atoms. The minimum Gasteiger partial charge on any atom is -0.364 e. The molecule has 148 valence electrons. The zero-order valence-electron chi connectivity index (χ0n) is 15.6. The van der Waals surface area contributed by atoms with Crippen LogP contribution in [-0.2, 0) is 16.4 Å². The zero-order chi connectivity index (χ0) is 20.3. The molecule has 6 nitrogen and oxygen atoms in total. The van der Waals surface area contributed by atoms with Gasteiger partial charge in [-0.05, 0) is 41.8 Å². The Labute approximate surface area is 170 Å². The first kappa shape index (κ1) is 19.2. The Kier molecular flexibility index (Phi) is 5.33. The van der Waals surface area contributed by atoms with Gasteiger partial charge in [0.2, 0.25) is 10.0 Å². The number of sulfonamides is 1. The first-order chi connectivity index (χ1) is 14.0. The van der Waals surface area contributed by atoms with Crippen LogP contribution in [0.3, 0.4) is 0 Å². The summed E-state index contributed by atoms with van der Waals surface area (Å²) in [4.78, 5) is 12.6. The average Bonchev–Trinajstić information content (AvgIpc) is 2.74.